The summed E-state index contributed by atoms with van der Waals surface area (Å²) in [6, 6.07) is 1.30. The molecule has 0 spiro atoms. The highest BCUT2D eigenvalue weighted by Gasteiger charge is 2.22. The first-order valence-electron chi connectivity index (χ1n) is 7.40. The Hall–Kier alpha value is -1.91. The molecule has 0 saturated heterocycles. The molecule has 0 saturated carbocycles. The van der Waals surface area contributed by atoms with Crippen molar-refractivity contribution in [3.8, 4) is 17.2 Å². The standard InChI is InChI=1S/C16H24O5/c1-3-4-5-6-7-8-9-21-15-11(2)10-12(17)14(18)13(15)16(19)20/h10,17-18H,3-9H2,1-2H3,(H,19,20). The Morgan fingerprint density at radius 3 is 2.38 bits per heavy atom. The van der Waals surface area contributed by atoms with Gasteiger partial charge in [-0.15, -0.1) is 0 Å². The van der Waals surface area contributed by atoms with Crippen molar-refractivity contribution < 1.29 is 24.9 Å². The van der Waals surface area contributed by atoms with Gasteiger partial charge in [0.1, 0.15) is 11.3 Å². The van der Waals surface area contributed by atoms with Gasteiger partial charge in [-0.3, -0.25) is 0 Å². The van der Waals surface area contributed by atoms with Crippen LogP contribution in [-0.4, -0.2) is 27.9 Å². The first kappa shape index (κ1) is 17.1. The molecule has 0 aliphatic rings. The molecule has 5 nitrogen and oxygen atoms in total. The lowest BCUT2D eigenvalue weighted by atomic mass is 10.1. The third kappa shape index (κ3) is 4.85. The van der Waals surface area contributed by atoms with Gasteiger partial charge in [0.05, 0.1) is 6.61 Å². The summed E-state index contributed by atoms with van der Waals surface area (Å²) in [4.78, 5) is 11.2. The van der Waals surface area contributed by atoms with Crippen molar-refractivity contribution in [1.29, 1.82) is 0 Å². The van der Waals surface area contributed by atoms with Crippen LogP contribution in [0.2, 0.25) is 0 Å². The minimum atomic E-state index is -1.32. The Morgan fingerprint density at radius 2 is 1.76 bits per heavy atom. The number of carboxylic acid groups (broad SMARTS) is 1. The van der Waals surface area contributed by atoms with Crippen molar-refractivity contribution in [2.45, 2.75) is 52.4 Å². The fourth-order valence-electron chi connectivity index (χ4n) is 2.21. The fraction of sp³-hybridized carbons (Fsp3) is 0.562. The van der Waals surface area contributed by atoms with Crippen LogP contribution in [0.3, 0.4) is 0 Å². The van der Waals surface area contributed by atoms with Crippen LogP contribution in [-0.2, 0) is 0 Å². The largest absolute Gasteiger partial charge is 0.504 e. The summed E-state index contributed by atoms with van der Waals surface area (Å²) in [5.41, 5.74) is 0.118. The maximum Gasteiger partial charge on any atom is 0.343 e. The first-order chi connectivity index (χ1) is 9.99. The number of hydrogen-bond donors (Lipinski definition) is 3. The van der Waals surface area contributed by atoms with Crippen molar-refractivity contribution in [2.24, 2.45) is 0 Å². The van der Waals surface area contributed by atoms with E-state index in [1.54, 1.807) is 6.92 Å². The predicted octanol–water partition coefficient (Wildman–Crippen LogP) is 3.84. The fourth-order valence-corrected chi connectivity index (χ4v) is 2.21. The maximum absolute atomic E-state index is 11.2. The molecule has 0 unspecified atom stereocenters. The number of aromatic carboxylic acids is 1. The lowest BCUT2D eigenvalue weighted by molar-refractivity contribution is 0.0687. The molecule has 118 valence electrons. The minimum absolute atomic E-state index is 0.131. The van der Waals surface area contributed by atoms with E-state index in [0.29, 0.717) is 12.2 Å². The second kappa shape index (κ2) is 8.39. The lowest BCUT2D eigenvalue weighted by Gasteiger charge is -2.14. The second-order valence-corrected chi connectivity index (χ2v) is 5.19. The molecule has 0 atom stereocenters. The van der Waals surface area contributed by atoms with Crippen molar-refractivity contribution >= 4 is 5.97 Å². The molecule has 0 heterocycles. The molecule has 0 aliphatic carbocycles. The number of hydrogen-bond acceptors (Lipinski definition) is 4. The highest BCUT2D eigenvalue weighted by Crippen LogP contribution is 2.38. The van der Waals surface area contributed by atoms with Gasteiger partial charge in [-0.05, 0) is 25.0 Å². The van der Waals surface area contributed by atoms with E-state index in [2.05, 4.69) is 6.92 Å². The third-order valence-electron chi connectivity index (χ3n) is 3.38. The summed E-state index contributed by atoms with van der Waals surface area (Å²) < 4.78 is 5.52. The number of unbranched alkanes of at least 4 members (excludes halogenated alkanes) is 5. The quantitative estimate of drug-likeness (QED) is 0.476. The number of phenols is 2. The first-order valence-corrected chi connectivity index (χ1v) is 7.40. The number of aryl methyl sites for hydroxylation is 1. The summed E-state index contributed by atoms with van der Waals surface area (Å²) in [7, 11) is 0. The SMILES string of the molecule is CCCCCCCCOc1c(C)cc(O)c(O)c1C(=O)O. The molecule has 0 radical (unpaired) electrons. The molecule has 3 N–H and O–H groups in total. The van der Waals surface area contributed by atoms with Gasteiger partial charge in [0.15, 0.2) is 11.5 Å². The Kier molecular flexibility index (Phi) is 6.85. The average molecular weight is 296 g/mol. The van der Waals surface area contributed by atoms with E-state index in [1.165, 1.54) is 25.3 Å². The third-order valence-corrected chi connectivity index (χ3v) is 3.38. The molecule has 0 aromatic heterocycles. The molecule has 0 aliphatic heterocycles. The molecule has 0 amide bonds. The van der Waals surface area contributed by atoms with Crippen LogP contribution >= 0.6 is 0 Å². The van der Waals surface area contributed by atoms with E-state index < -0.39 is 17.5 Å². The number of rotatable bonds is 9. The van der Waals surface area contributed by atoms with Crippen LogP contribution < -0.4 is 4.74 Å². The van der Waals surface area contributed by atoms with Crippen LogP contribution in [0, 0.1) is 6.92 Å². The zero-order chi connectivity index (χ0) is 15.8. The van der Waals surface area contributed by atoms with Gasteiger partial charge in [-0.25, -0.2) is 4.79 Å². The number of aromatic hydroxyl groups is 2. The van der Waals surface area contributed by atoms with Crippen molar-refractivity contribution in [1.82, 2.24) is 0 Å². The molecule has 0 bridgehead atoms. The van der Waals surface area contributed by atoms with E-state index in [-0.39, 0.29) is 11.3 Å². The van der Waals surface area contributed by atoms with Crippen LogP contribution in [0.5, 0.6) is 17.2 Å². The molecule has 1 aromatic carbocycles. The zero-order valence-corrected chi connectivity index (χ0v) is 12.7. The van der Waals surface area contributed by atoms with Crippen LogP contribution in [0.15, 0.2) is 6.07 Å². The van der Waals surface area contributed by atoms with E-state index in [4.69, 9.17) is 9.84 Å². The summed E-state index contributed by atoms with van der Waals surface area (Å²) in [6.45, 7) is 4.20. The molecule has 1 aromatic rings. The summed E-state index contributed by atoms with van der Waals surface area (Å²) in [6.07, 6.45) is 6.65. The highest BCUT2D eigenvalue weighted by atomic mass is 16.5. The Bertz CT molecular complexity index is 482. The Morgan fingerprint density at radius 1 is 1.14 bits per heavy atom. The van der Waals surface area contributed by atoms with E-state index >= 15 is 0 Å². The Balaban J connectivity index is 2.62. The average Bonchev–Trinajstić information content (AvgIpc) is 2.42. The van der Waals surface area contributed by atoms with Gasteiger partial charge < -0.3 is 20.1 Å². The Labute approximate surface area is 125 Å². The zero-order valence-electron chi connectivity index (χ0n) is 12.7. The summed E-state index contributed by atoms with van der Waals surface area (Å²) >= 11 is 0. The number of benzene rings is 1. The molecule has 21 heavy (non-hydrogen) atoms. The van der Waals surface area contributed by atoms with Gasteiger partial charge in [0, 0.05) is 0 Å². The highest BCUT2D eigenvalue weighted by molar-refractivity contribution is 5.95. The van der Waals surface area contributed by atoms with Crippen molar-refractivity contribution in [3.63, 3.8) is 0 Å². The topological polar surface area (TPSA) is 87.0 Å². The van der Waals surface area contributed by atoms with E-state index in [0.717, 1.165) is 19.3 Å². The van der Waals surface area contributed by atoms with Gasteiger partial charge in [-0.2, -0.15) is 0 Å². The normalized spacial score (nSPS) is 10.6. The van der Waals surface area contributed by atoms with Crippen molar-refractivity contribution in [2.75, 3.05) is 6.61 Å². The molecule has 0 fully saturated rings. The van der Waals surface area contributed by atoms with E-state index in [9.17, 15) is 15.0 Å². The smallest absolute Gasteiger partial charge is 0.343 e. The van der Waals surface area contributed by atoms with Gasteiger partial charge >= 0.3 is 5.97 Å². The molecule has 1 rings (SSSR count). The lowest BCUT2D eigenvalue weighted by Crippen LogP contribution is -2.07. The van der Waals surface area contributed by atoms with Gasteiger partial charge in [-0.1, -0.05) is 39.0 Å². The van der Waals surface area contributed by atoms with Crippen LogP contribution in [0.4, 0.5) is 0 Å². The number of carboxylic acids is 1. The minimum Gasteiger partial charge on any atom is -0.504 e. The summed E-state index contributed by atoms with van der Waals surface area (Å²) in [5, 5.41) is 28.3. The van der Waals surface area contributed by atoms with Crippen LogP contribution in [0.25, 0.3) is 0 Å². The van der Waals surface area contributed by atoms with Gasteiger partial charge in [0.2, 0.25) is 0 Å². The number of carbonyl (C=O) groups is 1. The monoisotopic (exact) mass is 296 g/mol. The predicted molar refractivity (Wildman–Crippen MR) is 80.3 cm³/mol. The van der Waals surface area contributed by atoms with Crippen molar-refractivity contribution in [3.05, 3.63) is 17.2 Å². The second-order valence-electron chi connectivity index (χ2n) is 5.19. The molecule has 5 heteroatoms. The number of ether oxygens (including phenoxy) is 1. The van der Waals surface area contributed by atoms with Crippen LogP contribution in [0.1, 0.15) is 61.4 Å². The van der Waals surface area contributed by atoms with Gasteiger partial charge in [0.25, 0.3) is 0 Å². The maximum atomic E-state index is 11.2. The number of phenolic OH excluding ortho intramolecular Hbond substituents is 1. The molecular weight excluding hydrogens is 272 g/mol. The molecular formula is C16H24O5. The summed E-state index contributed by atoms with van der Waals surface area (Å²) in [5.74, 6) is -2.28. The van der Waals surface area contributed by atoms with E-state index in [1.807, 2.05) is 0 Å².